The average Bonchev–Trinajstić information content (AvgIpc) is 3.05. The van der Waals surface area contributed by atoms with Gasteiger partial charge in [-0.05, 0) is 66.8 Å². The fourth-order valence-electron chi connectivity index (χ4n) is 5.94. The number of ketones is 1. The Hall–Kier alpha value is -4.44. The van der Waals surface area contributed by atoms with Gasteiger partial charge in [-0.25, -0.2) is 4.79 Å². The highest BCUT2D eigenvalue weighted by Gasteiger charge is 2.42. The predicted molar refractivity (Wildman–Crippen MR) is 172 cm³/mol. The molecule has 0 fully saturated rings. The number of nitrogens with one attached hydrogen (secondary N) is 1. The highest BCUT2D eigenvalue weighted by atomic mass is 79.9. The van der Waals surface area contributed by atoms with Gasteiger partial charge in [-0.2, -0.15) is 0 Å². The summed E-state index contributed by atoms with van der Waals surface area (Å²) in [6.45, 7) is 2.04. The number of rotatable bonds is 11. The summed E-state index contributed by atoms with van der Waals surface area (Å²) in [6, 6.07) is 18.6. The molecule has 1 heterocycles. The lowest BCUT2D eigenvalue weighted by molar-refractivity contribution is -0.140. The lowest BCUT2D eigenvalue weighted by Crippen LogP contribution is -2.36. The monoisotopic (exact) mass is 677 g/mol. The van der Waals surface area contributed by atoms with Gasteiger partial charge in [-0.15, -0.1) is 0 Å². The number of Topliss-reactive ketones (excluding diaryl/α,β-unsaturated/α-hetero) is 1. The number of halogens is 1. The summed E-state index contributed by atoms with van der Waals surface area (Å²) < 4.78 is 34.1. The molecule has 9 nitrogen and oxygen atoms in total. The Morgan fingerprint density at radius 2 is 1.51 bits per heavy atom. The van der Waals surface area contributed by atoms with Crippen molar-refractivity contribution in [1.82, 2.24) is 5.32 Å². The molecule has 0 unspecified atom stereocenters. The molecule has 3 aromatic carbocycles. The maximum atomic E-state index is 14.1. The Balaban J connectivity index is 1.50. The molecule has 1 aliphatic heterocycles. The summed E-state index contributed by atoms with van der Waals surface area (Å²) in [5, 5.41) is 3.40. The molecule has 0 bridgehead atoms. The van der Waals surface area contributed by atoms with Crippen LogP contribution >= 0.6 is 15.9 Å². The number of carbonyl (C=O) groups excluding carboxylic acids is 2. The van der Waals surface area contributed by atoms with Gasteiger partial charge >= 0.3 is 5.97 Å². The third-order valence-corrected chi connectivity index (χ3v) is 8.76. The number of carbonyl (C=O) groups is 2. The molecule has 5 rings (SSSR count). The maximum absolute atomic E-state index is 14.1. The van der Waals surface area contributed by atoms with Crippen molar-refractivity contribution in [2.75, 3.05) is 41.7 Å². The number of dihydropyridines is 1. The topological polar surface area (TPSA) is 102 Å². The normalized spacial score (nSPS) is 17.7. The van der Waals surface area contributed by atoms with Crippen LogP contribution in [0.4, 0.5) is 0 Å². The van der Waals surface area contributed by atoms with Crippen LogP contribution in [0.2, 0.25) is 0 Å². The van der Waals surface area contributed by atoms with Gasteiger partial charge in [0.15, 0.2) is 28.8 Å². The number of hydrogen-bond acceptors (Lipinski definition) is 9. The Morgan fingerprint density at radius 3 is 2.20 bits per heavy atom. The molecule has 0 spiro atoms. The maximum Gasteiger partial charge on any atom is 0.336 e. The SMILES string of the molecule is COc1ccc([C@@H]2CC(=O)C3=C(C2)NC(C)=C(C(=O)OCCOc2ccccc2)[C@H]3c2cc(OC)c(OC)cc2Br)cc1OC. The average molecular weight is 679 g/mol. The molecular formula is C35H36BrNO8. The molecule has 236 valence electrons. The zero-order chi connectivity index (χ0) is 32.1. The van der Waals surface area contributed by atoms with Crippen LogP contribution in [0, 0.1) is 0 Å². The van der Waals surface area contributed by atoms with E-state index >= 15 is 0 Å². The second-order valence-corrected chi connectivity index (χ2v) is 11.5. The molecule has 2 aliphatic rings. The first-order chi connectivity index (χ1) is 21.8. The molecular weight excluding hydrogens is 642 g/mol. The fourth-order valence-corrected chi connectivity index (χ4v) is 6.49. The van der Waals surface area contributed by atoms with Gasteiger partial charge in [0, 0.05) is 33.8 Å². The second-order valence-electron chi connectivity index (χ2n) is 10.7. The Kier molecular flexibility index (Phi) is 10.0. The van der Waals surface area contributed by atoms with Crippen molar-refractivity contribution in [3.05, 3.63) is 98.8 Å². The predicted octanol–water partition coefficient (Wildman–Crippen LogP) is 6.47. The van der Waals surface area contributed by atoms with Crippen molar-refractivity contribution in [1.29, 1.82) is 0 Å². The van der Waals surface area contributed by atoms with E-state index < -0.39 is 11.9 Å². The molecule has 0 saturated heterocycles. The van der Waals surface area contributed by atoms with Crippen LogP contribution in [0.3, 0.4) is 0 Å². The zero-order valence-corrected chi connectivity index (χ0v) is 27.5. The van der Waals surface area contributed by atoms with E-state index in [1.807, 2.05) is 55.5 Å². The third kappa shape index (κ3) is 6.66. The summed E-state index contributed by atoms with van der Waals surface area (Å²) in [4.78, 5) is 27.9. The van der Waals surface area contributed by atoms with E-state index in [1.165, 1.54) is 0 Å². The number of methoxy groups -OCH3 is 4. The lowest BCUT2D eigenvalue weighted by Gasteiger charge is -2.37. The van der Waals surface area contributed by atoms with E-state index in [0.29, 0.717) is 62.0 Å². The minimum Gasteiger partial charge on any atom is -0.493 e. The van der Waals surface area contributed by atoms with E-state index in [1.54, 1.807) is 40.6 Å². The van der Waals surface area contributed by atoms with Crippen molar-refractivity contribution in [3.8, 4) is 28.7 Å². The van der Waals surface area contributed by atoms with Crippen LogP contribution < -0.4 is 29.0 Å². The van der Waals surface area contributed by atoms with Crippen LogP contribution in [0.15, 0.2) is 87.7 Å². The molecule has 10 heteroatoms. The van der Waals surface area contributed by atoms with Crippen molar-refractivity contribution >= 4 is 27.7 Å². The number of benzene rings is 3. The minimum absolute atomic E-state index is 0.0333. The summed E-state index contributed by atoms with van der Waals surface area (Å²) in [7, 11) is 6.28. The Labute approximate surface area is 271 Å². The lowest BCUT2D eigenvalue weighted by atomic mass is 9.71. The van der Waals surface area contributed by atoms with Crippen LogP contribution in [0.25, 0.3) is 0 Å². The van der Waals surface area contributed by atoms with Crippen molar-refractivity contribution < 1.29 is 38.0 Å². The summed E-state index contributed by atoms with van der Waals surface area (Å²) >= 11 is 3.68. The first-order valence-corrected chi connectivity index (χ1v) is 15.3. The Morgan fingerprint density at radius 1 is 0.844 bits per heavy atom. The summed E-state index contributed by atoms with van der Waals surface area (Å²) in [5.74, 6) is 1.47. The van der Waals surface area contributed by atoms with Crippen LogP contribution in [0.1, 0.15) is 42.7 Å². The number of para-hydroxylation sites is 1. The molecule has 0 radical (unpaired) electrons. The number of hydrogen-bond donors (Lipinski definition) is 1. The summed E-state index contributed by atoms with van der Waals surface area (Å²) in [5.41, 5.74) is 3.89. The molecule has 2 atom stereocenters. The molecule has 1 aliphatic carbocycles. The third-order valence-electron chi connectivity index (χ3n) is 8.07. The fraction of sp³-hybridized carbons (Fsp3) is 0.314. The minimum atomic E-state index is -0.711. The largest absolute Gasteiger partial charge is 0.493 e. The van der Waals surface area contributed by atoms with E-state index in [-0.39, 0.29) is 31.3 Å². The van der Waals surface area contributed by atoms with Crippen LogP contribution in [0.5, 0.6) is 28.7 Å². The van der Waals surface area contributed by atoms with Crippen molar-refractivity contribution in [3.63, 3.8) is 0 Å². The van der Waals surface area contributed by atoms with Crippen LogP contribution in [-0.4, -0.2) is 53.4 Å². The van der Waals surface area contributed by atoms with Gasteiger partial charge in [-0.3, -0.25) is 4.79 Å². The van der Waals surface area contributed by atoms with Gasteiger partial charge in [0.1, 0.15) is 19.0 Å². The highest BCUT2D eigenvalue weighted by molar-refractivity contribution is 9.10. The van der Waals surface area contributed by atoms with E-state index in [0.717, 1.165) is 11.3 Å². The standard InChI is InChI=1S/C35H36BrNO8/c1-20-32(35(39)45-14-13-44-23-9-7-6-8-10-23)33(24-18-30(42-4)31(43-5)19-25(24)36)34-26(37-20)15-22(16-27(34)38)21-11-12-28(40-2)29(17-21)41-3/h6-12,17-19,22,33,37H,13-16H2,1-5H3/t22-,33+/m0/s1. The highest BCUT2D eigenvalue weighted by Crippen LogP contribution is 2.49. The van der Waals surface area contributed by atoms with Crippen molar-refractivity contribution in [2.24, 2.45) is 0 Å². The first kappa shape index (κ1) is 32.0. The number of ether oxygens (including phenoxy) is 6. The molecule has 45 heavy (non-hydrogen) atoms. The van der Waals surface area contributed by atoms with Gasteiger partial charge in [0.2, 0.25) is 0 Å². The van der Waals surface area contributed by atoms with Gasteiger partial charge < -0.3 is 33.7 Å². The summed E-state index contributed by atoms with van der Waals surface area (Å²) in [6.07, 6.45) is 0.812. The second kappa shape index (κ2) is 14.1. The van der Waals surface area contributed by atoms with Crippen LogP contribution in [-0.2, 0) is 14.3 Å². The van der Waals surface area contributed by atoms with E-state index in [4.69, 9.17) is 28.4 Å². The van der Waals surface area contributed by atoms with Gasteiger partial charge in [0.25, 0.3) is 0 Å². The van der Waals surface area contributed by atoms with Gasteiger partial charge in [-0.1, -0.05) is 40.2 Å². The molecule has 1 N–H and O–H groups in total. The van der Waals surface area contributed by atoms with E-state index in [9.17, 15) is 9.59 Å². The van der Waals surface area contributed by atoms with Gasteiger partial charge in [0.05, 0.1) is 34.0 Å². The number of allylic oxidation sites excluding steroid dienone is 3. The van der Waals surface area contributed by atoms with E-state index in [2.05, 4.69) is 21.2 Å². The smallest absolute Gasteiger partial charge is 0.336 e. The molecule has 0 amide bonds. The Bertz CT molecular complexity index is 1650. The van der Waals surface area contributed by atoms with Crippen molar-refractivity contribution in [2.45, 2.75) is 31.6 Å². The molecule has 3 aromatic rings. The quantitative estimate of drug-likeness (QED) is 0.181. The molecule has 0 aromatic heterocycles. The zero-order valence-electron chi connectivity index (χ0n) is 25.9. The number of esters is 1. The first-order valence-electron chi connectivity index (χ1n) is 14.5. The molecule has 0 saturated carbocycles.